The Hall–Kier alpha value is -1.63. The number of Topliss-reactive ketones (excluding diaryl/α,β-unsaturated/α-hetero) is 1. The summed E-state index contributed by atoms with van der Waals surface area (Å²) in [6.45, 7) is 5.32. The van der Waals surface area contributed by atoms with E-state index >= 15 is 0 Å². The Morgan fingerprint density at radius 2 is 2.00 bits per heavy atom. The molecular weight excluding hydrogens is 196 g/mol. The number of benzene rings is 1. The van der Waals surface area contributed by atoms with Crippen molar-refractivity contribution in [2.45, 2.75) is 19.8 Å². The number of rotatable bonds is 6. The zero-order valence-corrected chi connectivity index (χ0v) is 9.73. The minimum absolute atomic E-state index is 0.0810. The fraction of sp³-hybridized carbons (Fsp3) is 0.267. The summed E-state index contributed by atoms with van der Waals surface area (Å²) in [5, 5.41) is 0. The van der Waals surface area contributed by atoms with Crippen molar-refractivity contribution in [2.24, 2.45) is 5.92 Å². The van der Waals surface area contributed by atoms with Crippen LogP contribution in [0.4, 0.5) is 0 Å². The fourth-order valence-electron chi connectivity index (χ4n) is 1.56. The lowest BCUT2D eigenvalue weighted by Crippen LogP contribution is -2.08. The normalized spacial score (nSPS) is 12.6. The Morgan fingerprint density at radius 1 is 1.31 bits per heavy atom. The maximum absolute atomic E-state index is 11.3. The number of hydrogen-bond acceptors (Lipinski definition) is 1. The minimum Gasteiger partial charge on any atom is -0.300 e. The molecule has 0 aliphatic carbocycles. The van der Waals surface area contributed by atoms with Crippen LogP contribution < -0.4 is 0 Å². The first-order chi connectivity index (χ1) is 7.74. The quantitative estimate of drug-likeness (QED) is 0.657. The molecule has 1 heteroatoms. The zero-order valence-electron chi connectivity index (χ0n) is 9.73. The van der Waals surface area contributed by atoms with E-state index in [2.05, 4.69) is 18.7 Å². The molecule has 1 aromatic rings. The van der Waals surface area contributed by atoms with E-state index in [1.807, 2.05) is 36.4 Å². The van der Waals surface area contributed by atoms with E-state index < -0.39 is 0 Å². The molecule has 0 fully saturated rings. The summed E-state index contributed by atoms with van der Waals surface area (Å²) in [4.78, 5) is 11.3. The second kappa shape index (κ2) is 6.78. The van der Waals surface area contributed by atoms with Crippen LogP contribution in [0.15, 0.2) is 49.1 Å². The Labute approximate surface area is 97.5 Å². The molecule has 0 aliphatic rings. The molecule has 0 saturated heterocycles. The standard InChI is InChI=1S/C15H18O/c1-3-8-15(13(2)16)12-7-11-14-9-5-4-6-10-14/h3-7,9-11,15H,1,8,12H2,2H3. The van der Waals surface area contributed by atoms with Gasteiger partial charge in [0.2, 0.25) is 0 Å². The lowest BCUT2D eigenvalue weighted by molar-refractivity contribution is -0.120. The predicted molar refractivity (Wildman–Crippen MR) is 69.1 cm³/mol. The van der Waals surface area contributed by atoms with Crippen molar-refractivity contribution < 1.29 is 4.79 Å². The monoisotopic (exact) mass is 214 g/mol. The van der Waals surface area contributed by atoms with E-state index in [-0.39, 0.29) is 11.7 Å². The molecule has 0 bridgehead atoms. The maximum Gasteiger partial charge on any atom is 0.133 e. The molecule has 1 rings (SSSR count). The molecule has 1 nitrogen and oxygen atoms in total. The number of ketones is 1. The van der Waals surface area contributed by atoms with Gasteiger partial charge in [-0.1, -0.05) is 48.6 Å². The summed E-state index contributed by atoms with van der Waals surface area (Å²) in [5.41, 5.74) is 1.17. The second-order valence-corrected chi connectivity index (χ2v) is 3.88. The molecule has 1 aromatic carbocycles. The van der Waals surface area contributed by atoms with Gasteiger partial charge < -0.3 is 0 Å². The van der Waals surface area contributed by atoms with Gasteiger partial charge in [0, 0.05) is 5.92 Å². The third-order valence-electron chi connectivity index (χ3n) is 2.56. The second-order valence-electron chi connectivity index (χ2n) is 3.88. The van der Waals surface area contributed by atoms with Crippen LogP contribution in [0, 0.1) is 5.92 Å². The van der Waals surface area contributed by atoms with Crippen molar-refractivity contribution in [2.75, 3.05) is 0 Å². The molecule has 0 N–H and O–H groups in total. The first-order valence-corrected chi connectivity index (χ1v) is 5.57. The van der Waals surface area contributed by atoms with Gasteiger partial charge in [0.1, 0.15) is 5.78 Å². The van der Waals surface area contributed by atoms with Gasteiger partial charge in [-0.25, -0.2) is 0 Å². The Morgan fingerprint density at radius 3 is 2.56 bits per heavy atom. The maximum atomic E-state index is 11.3. The first kappa shape index (κ1) is 12.4. The van der Waals surface area contributed by atoms with E-state index in [1.54, 1.807) is 6.92 Å². The molecule has 0 radical (unpaired) electrons. The van der Waals surface area contributed by atoms with Crippen LogP contribution in [0.25, 0.3) is 6.08 Å². The van der Waals surface area contributed by atoms with Crippen molar-refractivity contribution in [3.8, 4) is 0 Å². The highest BCUT2D eigenvalue weighted by atomic mass is 16.1. The number of hydrogen-bond donors (Lipinski definition) is 0. The number of allylic oxidation sites excluding steroid dienone is 2. The van der Waals surface area contributed by atoms with Crippen LogP contribution in [-0.2, 0) is 4.79 Å². The van der Waals surface area contributed by atoms with Crippen LogP contribution >= 0.6 is 0 Å². The van der Waals surface area contributed by atoms with Crippen molar-refractivity contribution >= 4 is 11.9 Å². The minimum atomic E-state index is 0.0810. The topological polar surface area (TPSA) is 17.1 Å². The van der Waals surface area contributed by atoms with Gasteiger partial charge in [-0.3, -0.25) is 4.79 Å². The summed E-state index contributed by atoms with van der Waals surface area (Å²) in [5.74, 6) is 0.315. The summed E-state index contributed by atoms with van der Waals surface area (Å²) in [6, 6.07) is 10.1. The number of carbonyl (C=O) groups excluding carboxylic acids is 1. The van der Waals surface area contributed by atoms with Gasteiger partial charge in [0.25, 0.3) is 0 Å². The molecule has 1 atom stereocenters. The SMILES string of the molecule is C=CCC(CC=Cc1ccccc1)C(C)=O. The summed E-state index contributed by atoms with van der Waals surface area (Å²) < 4.78 is 0. The van der Waals surface area contributed by atoms with Crippen LogP contribution in [0.3, 0.4) is 0 Å². The van der Waals surface area contributed by atoms with Gasteiger partial charge in [-0.2, -0.15) is 0 Å². The van der Waals surface area contributed by atoms with E-state index in [9.17, 15) is 4.79 Å². The summed E-state index contributed by atoms with van der Waals surface area (Å²) in [6.07, 6.45) is 7.47. The third kappa shape index (κ3) is 4.26. The lowest BCUT2D eigenvalue weighted by atomic mass is 9.97. The van der Waals surface area contributed by atoms with Gasteiger partial charge >= 0.3 is 0 Å². The molecular formula is C15H18O. The highest BCUT2D eigenvalue weighted by Crippen LogP contribution is 2.12. The van der Waals surface area contributed by atoms with Crippen LogP contribution in [0.2, 0.25) is 0 Å². The van der Waals surface area contributed by atoms with Crippen molar-refractivity contribution in [1.29, 1.82) is 0 Å². The molecule has 84 valence electrons. The van der Waals surface area contributed by atoms with Crippen LogP contribution in [0.1, 0.15) is 25.3 Å². The average molecular weight is 214 g/mol. The van der Waals surface area contributed by atoms with Crippen LogP contribution in [-0.4, -0.2) is 5.78 Å². The summed E-state index contributed by atoms with van der Waals surface area (Å²) in [7, 11) is 0. The Bertz CT molecular complexity index is 362. The predicted octanol–water partition coefficient (Wildman–Crippen LogP) is 3.87. The Kier molecular flexibility index (Phi) is 5.27. The van der Waals surface area contributed by atoms with Gasteiger partial charge in [-0.15, -0.1) is 6.58 Å². The molecule has 0 amide bonds. The van der Waals surface area contributed by atoms with Crippen molar-refractivity contribution in [1.82, 2.24) is 0 Å². The first-order valence-electron chi connectivity index (χ1n) is 5.57. The van der Waals surface area contributed by atoms with Crippen molar-refractivity contribution in [3.05, 3.63) is 54.6 Å². The highest BCUT2D eigenvalue weighted by molar-refractivity contribution is 5.78. The molecule has 16 heavy (non-hydrogen) atoms. The Balaban J connectivity index is 2.52. The third-order valence-corrected chi connectivity index (χ3v) is 2.56. The van der Waals surface area contributed by atoms with E-state index in [0.29, 0.717) is 0 Å². The molecule has 1 unspecified atom stereocenters. The molecule has 0 heterocycles. The largest absolute Gasteiger partial charge is 0.300 e. The molecule has 0 aliphatic heterocycles. The highest BCUT2D eigenvalue weighted by Gasteiger charge is 2.09. The molecule has 0 saturated carbocycles. The van der Waals surface area contributed by atoms with Gasteiger partial charge in [-0.05, 0) is 25.3 Å². The fourth-order valence-corrected chi connectivity index (χ4v) is 1.56. The lowest BCUT2D eigenvalue weighted by Gasteiger charge is -2.07. The van der Waals surface area contributed by atoms with Gasteiger partial charge in [0.05, 0.1) is 0 Å². The number of carbonyl (C=O) groups is 1. The van der Waals surface area contributed by atoms with E-state index in [1.165, 1.54) is 5.56 Å². The van der Waals surface area contributed by atoms with E-state index in [0.717, 1.165) is 12.8 Å². The smallest absolute Gasteiger partial charge is 0.133 e. The van der Waals surface area contributed by atoms with E-state index in [4.69, 9.17) is 0 Å². The van der Waals surface area contributed by atoms with Gasteiger partial charge in [0.15, 0.2) is 0 Å². The van der Waals surface area contributed by atoms with Crippen LogP contribution in [0.5, 0.6) is 0 Å². The van der Waals surface area contributed by atoms with Crippen molar-refractivity contribution in [3.63, 3.8) is 0 Å². The molecule has 0 spiro atoms. The average Bonchev–Trinajstić information content (AvgIpc) is 2.29. The molecule has 0 aromatic heterocycles. The zero-order chi connectivity index (χ0) is 11.8. The summed E-state index contributed by atoms with van der Waals surface area (Å²) >= 11 is 0.